The van der Waals surface area contributed by atoms with Gasteiger partial charge in [0.05, 0.1) is 25.8 Å². The first kappa shape index (κ1) is 26.2. The van der Waals surface area contributed by atoms with Crippen molar-refractivity contribution in [2.24, 2.45) is 0 Å². The van der Waals surface area contributed by atoms with Crippen LogP contribution in [0.2, 0.25) is 0 Å². The van der Waals surface area contributed by atoms with Gasteiger partial charge in [-0.25, -0.2) is 4.68 Å². The molecule has 0 bridgehead atoms. The zero-order chi connectivity index (χ0) is 27.2. The Labute approximate surface area is 226 Å². The van der Waals surface area contributed by atoms with Crippen molar-refractivity contribution in [3.05, 3.63) is 78.4 Å². The summed E-state index contributed by atoms with van der Waals surface area (Å²) in [5.74, 6) is 0.637. The Hall–Kier alpha value is -4.44. The normalized spacial score (nSPS) is 15.6. The summed E-state index contributed by atoms with van der Waals surface area (Å²) in [5.41, 5.74) is 2.58. The van der Waals surface area contributed by atoms with E-state index < -0.39 is 6.04 Å². The molecule has 1 aliphatic rings. The fourth-order valence-corrected chi connectivity index (χ4v) is 4.74. The molecule has 1 N–H and O–H groups in total. The van der Waals surface area contributed by atoms with E-state index in [9.17, 15) is 9.59 Å². The zero-order valence-electron chi connectivity index (χ0n) is 21.9. The number of hydrogen-bond acceptors (Lipinski definition) is 7. The number of methoxy groups -OCH3 is 2. The molecular weight excluding hydrogens is 498 g/mol. The first-order chi connectivity index (χ1) is 19.1. The lowest BCUT2D eigenvalue weighted by molar-refractivity contribution is -0.127. The summed E-state index contributed by atoms with van der Waals surface area (Å²) in [6, 6.07) is 20.7. The van der Waals surface area contributed by atoms with Gasteiger partial charge in [-0.1, -0.05) is 29.5 Å². The third kappa shape index (κ3) is 5.85. The monoisotopic (exact) mass is 529 g/mol. The molecule has 0 aliphatic carbocycles. The van der Waals surface area contributed by atoms with Gasteiger partial charge < -0.3 is 19.5 Å². The summed E-state index contributed by atoms with van der Waals surface area (Å²) < 4.78 is 17.9. The number of amides is 2. The predicted octanol–water partition coefficient (Wildman–Crippen LogP) is 3.52. The van der Waals surface area contributed by atoms with E-state index in [1.165, 1.54) is 4.90 Å². The van der Waals surface area contributed by atoms with E-state index in [1.807, 2.05) is 24.3 Å². The molecule has 0 radical (unpaired) electrons. The number of hydrogen-bond donors (Lipinski definition) is 1. The van der Waals surface area contributed by atoms with Crippen LogP contribution in [0.25, 0.3) is 11.0 Å². The van der Waals surface area contributed by atoms with Crippen molar-refractivity contribution in [1.82, 2.24) is 20.3 Å². The highest BCUT2D eigenvalue weighted by molar-refractivity contribution is 6.01. The molecule has 0 unspecified atom stereocenters. The van der Waals surface area contributed by atoms with Crippen LogP contribution >= 0.6 is 0 Å². The molecule has 2 atom stereocenters. The fourth-order valence-electron chi connectivity index (χ4n) is 4.74. The van der Waals surface area contributed by atoms with Gasteiger partial charge >= 0.3 is 0 Å². The quantitative estimate of drug-likeness (QED) is 0.335. The van der Waals surface area contributed by atoms with E-state index in [0.717, 1.165) is 18.4 Å². The van der Waals surface area contributed by atoms with Gasteiger partial charge in [0.15, 0.2) is 0 Å². The molecule has 3 aromatic carbocycles. The Kier molecular flexibility index (Phi) is 8.02. The zero-order valence-corrected chi connectivity index (χ0v) is 21.9. The Morgan fingerprint density at radius 3 is 2.38 bits per heavy atom. The fraction of sp³-hybridized carbons (Fsp3) is 0.310. The molecule has 1 fully saturated rings. The van der Waals surface area contributed by atoms with Crippen molar-refractivity contribution in [2.75, 3.05) is 32.3 Å². The molecule has 2 heterocycles. The van der Waals surface area contributed by atoms with Crippen LogP contribution in [0.5, 0.6) is 11.5 Å². The number of aromatic nitrogens is 3. The van der Waals surface area contributed by atoms with Crippen molar-refractivity contribution >= 4 is 28.5 Å². The van der Waals surface area contributed by atoms with Crippen LogP contribution < -0.4 is 19.7 Å². The van der Waals surface area contributed by atoms with Crippen LogP contribution in [0.1, 0.15) is 24.4 Å². The maximum atomic E-state index is 14.1. The first-order valence-corrected chi connectivity index (χ1v) is 12.8. The van der Waals surface area contributed by atoms with Gasteiger partial charge in [0, 0.05) is 18.8 Å². The molecule has 2 amide bonds. The van der Waals surface area contributed by atoms with Crippen LogP contribution in [-0.2, 0) is 20.9 Å². The number of para-hydroxylation sites is 1. The number of nitrogens with one attached hydrogen (secondary N) is 1. The summed E-state index contributed by atoms with van der Waals surface area (Å²) in [4.78, 5) is 29.5. The van der Waals surface area contributed by atoms with Crippen molar-refractivity contribution < 1.29 is 23.8 Å². The Morgan fingerprint density at radius 2 is 1.72 bits per heavy atom. The summed E-state index contributed by atoms with van der Waals surface area (Å²) in [7, 11) is 3.16. The van der Waals surface area contributed by atoms with Gasteiger partial charge in [0.1, 0.15) is 29.6 Å². The molecule has 1 aliphatic heterocycles. The number of rotatable bonds is 10. The van der Waals surface area contributed by atoms with Crippen molar-refractivity contribution in [2.45, 2.75) is 31.5 Å². The molecule has 10 nitrogen and oxygen atoms in total. The third-order valence-electron chi connectivity index (χ3n) is 6.79. The average Bonchev–Trinajstić information content (AvgIpc) is 3.65. The average molecular weight is 530 g/mol. The number of ether oxygens (including phenoxy) is 3. The van der Waals surface area contributed by atoms with Gasteiger partial charge in [-0.3, -0.25) is 14.5 Å². The Morgan fingerprint density at radius 1 is 1.03 bits per heavy atom. The van der Waals surface area contributed by atoms with E-state index in [0.29, 0.717) is 41.4 Å². The number of anilines is 1. The minimum atomic E-state index is -0.965. The molecule has 0 saturated carbocycles. The molecule has 1 saturated heterocycles. The third-order valence-corrected chi connectivity index (χ3v) is 6.79. The second-order valence-electron chi connectivity index (χ2n) is 9.25. The lowest BCUT2D eigenvalue weighted by atomic mass is 10.0. The highest BCUT2D eigenvalue weighted by Gasteiger charge is 2.34. The summed E-state index contributed by atoms with van der Waals surface area (Å²) >= 11 is 0. The second-order valence-corrected chi connectivity index (χ2v) is 9.25. The van der Waals surface area contributed by atoms with Crippen LogP contribution in [0.15, 0.2) is 72.8 Å². The molecule has 4 aromatic rings. The maximum absolute atomic E-state index is 14.1. The number of nitrogens with zero attached hydrogens (tertiary/aromatic N) is 4. The van der Waals surface area contributed by atoms with Crippen LogP contribution in [0.3, 0.4) is 0 Å². The molecular formula is C29H31N5O5. The SMILES string of the molecule is COc1ccc([C@H](C(=O)NC[C@@H]2CCCO2)N(C(=O)Cn2nnc3ccccc32)c2ccc(OC)cc2)cc1. The van der Waals surface area contributed by atoms with E-state index in [2.05, 4.69) is 15.6 Å². The lowest BCUT2D eigenvalue weighted by Crippen LogP contribution is -2.46. The minimum Gasteiger partial charge on any atom is -0.497 e. The van der Waals surface area contributed by atoms with E-state index in [1.54, 1.807) is 67.4 Å². The number of benzene rings is 3. The molecule has 202 valence electrons. The smallest absolute Gasteiger partial charge is 0.249 e. The summed E-state index contributed by atoms with van der Waals surface area (Å²) in [6.07, 6.45) is 1.80. The minimum absolute atomic E-state index is 0.0443. The predicted molar refractivity (Wildman–Crippen MR) is 146 cm³/mol. The van der Waals surface area contributed by atoms with Crippen LogP contribution in [-0.4, -0.2) is 60.3 Å². The topological polar surface area (TPSA) is 108 Å². The largest absolute Gasteiger partial charge is 0.497 e. The maximum Gasteiger partial charge on any atom is 0.249 e. The highest BCUT2D eigenvalue weighted by Crippen LogP contribution is 2.31. The summed E-state index contributed by atoms with van der Waals surface area (Å²) in [6.45, 7) is 0.937. The van der Waals surface area contributed by atoms with E-state index in [-0.39, 0.29) is 24.5 Å². The number of carbonyl (C=O) groups excluding carboxylic acids is 2. The Balaban J connectivity index is 1.53. The van der Waals surface area contributed by atoms with Crippen LogP contribution in [0.4, 0.5) is 5.69 Å². The summed E-state index contributed by atoms with van der Waals surface area (Å²) in [5, 5.41) is 11.4. The second kappa shape index (κ2) is 12.0. The van der Waals surface area contributed by atoms with Crippen LogP contribution in [0, 0.1) is 0 Å². The van der Waals surface area contributed by atoms with Gasteiger partial charge in [-0.2, -0.15) is 0 Å². The molecule has 0 spiro atoms. The van der Waals surface area contributed by atoms with Gasteiger partial charge in [0.2, 0.25) is 11.8 Å². The van der Waals surface area contributed by atoms with Crippen molar-refractivity contribution in [3.63, 3.8) is 0 Å². The molecule has 39 heavy (non-hydrogen) atoms. The Bertz CT molecular complexity index is 1410. The van der Waals surface area contributed by atoms with Crippen molar-refractivity contribution in [1.29, 1.82) is 0 Å². The standard InChI is InChI=1S/C29H31N5O5/c1-37-22-13-9-20(10-14-22)28(29(36)30-18-24-6-5-17-39-24)34(21-11-15-23(38-2)16-12-21)27(35)19-33-26-8-4-3-7-25(26)31-32-33/h3-4,7-16,24,28H,5-6,17-19H2,1-2H3,(H,30,36)/t24-,28+/m0/s1. The lowest BCUT2D eigenvalue weighted by Gasteiger charge is -2.32. The van der Waals surface area contributed by atoms with Gasteiger partial charge in [-0.05, 0) is 66.9 Å². The number of carbonyl (C=O) groups is 2. The first-order valence-electron chi connectivity index (χ1n) is 12.8. The molecule has 5 rings (SSSR count). The van der Waals surface area contributed by atoms with E-state index >= 15 is 0 Å². The van der Waals surface area contributed by atoms with Gasteiger partial charge in [-0.15, -0.1) is 5.10 Å². The number of fused-ring (bicyclic) bond motifs is 1. The molecule has 10 heteroatoms. The molecule has 1 aromatic heterocycles. The van der Waals surface area contributed by atoms with Crippen molar-refractivity contribution in [3.8, 4) is 11.5 Å². The van der Waals surface area contributed by atoms with Gasteiger partial charge in [0.25, 0.3) is 0 Å². The van der Waals surface area contributed by atoms with E-state index in [4.69, 9.17) is 14.2 Å². The highest BCUT2D eigenvalue weighted by atomic mass is 16.5.